The molecule has 25 heavy (non-hydrogen) atoms. The molecule has 2 fully saturated rings. The summed E-state index contributed by atoms with van der Waals surface area (Å²) in [6.45, 7) is 0. The number of hydrogen-bond acceptors (Lipinski definition) is 5. The van der Waals surface area contributed by atoms with Gasteiger partial charge in [0.2, 0.25) is 11.6 Å². The summed E-state index contributed by atoms with van der Waals surface area (Å²) in [6, 6.07) is 2.25. The van der Waals surface area contributed by atoms with E-state index < -0.39 is 0 Å². The molecule has 1 heterocycles. The molecule has 1 aromatic rings. The van der Waals surface area contributed by atoms with Crippen molar-refractivity contribution in [1.29, 1.82) is 5.26 Å². The van der Waals surface area contributed by atoms with E-state index in [9.17, 15) is 4.79 Å². The molecule has 0 spiro atoms. The molecule has 0 atom stereocenters. The fourth-order valence-corrected chi connectivity index (χ4v) is 3.91. The molecule has 6 nitrogen and oxygen atoms in total. The van der Waals surface area contributed by atoms with Gasteiger partial charge in [0.05, 0.1) is 0 Å². The van der Waals surface area contributed by atoms with Gasteiger partial charge in [0.15, 0.2) is 0 Å². The van der Waals surface area contributed by atoms with Crippen molar-refractivity contribution < 1.29 is 9.53 Å². The van der Waals surface area contributed by atoms with Crippen LogP contribution in [0.25, 0.3) is 0 Å². The van der Waals surface area contributed by atoms with Crippen molar-refractivity contribution in [2.45, 2.75) is 76.4 Å². The second kappa shape index (κ2) is 8.80. The summed E-state index contributed by atoms with van der Waals surface area (Å²) < 4.78 is 5.84. The highest BCUT2D eigenvalue weighted by Crippen LogP contribution is 2.28. The molecule has 0 aromatic carbocycles. The number of aromatic nitrogens is 2. The van der Waals surface area contributed by atoms with Crippen LogP contribution in [0.1, 0.15) is 69.9 Å². The zero-order chi connectivity index (χ0) is 17.5. The smallest absolute Gasteiger partial charge is 0.251 e. The normalized spacial score (nSPS) is 23.8. The summed E-state index contributed by atoms with van der Waals surface area (Å²) in [7, 11) is 0. The predicted octanol–water partition coefficient (Wildman–Crippen LogP) is 3.12. The first-order valence-electron chi connectivity index (χ1n) is 9.41. The summed E-state index contributed by atoms with van der Waals surface area (Å²) in [4.78, 5) is 20.2. The van der Waals surface area contributed by atoms with E-state index in [1.807, 2.05) is 6.07 Å². The lowest BCUT2D eigenvalue weighted by molar-refractivity contribution is -0.122. The van der Waals surface area contributed by atoms with Gasteiger partial charge >= 0.3 is 0 Å². The molecular weight excluding hydrogens is 316 g/mol. The van der Waals surface area contributed by atoms with Gasteiger partial charge in [0.25, 0.3) is 5.88 Å². The third-order valence-corrected chi connectivity index (χ3v) is 5.34. The van der Waals surface area contributed by atoms with Crippen LogP contribution in [-0.2, 0) is 4.79 Å². The number of nitrogens with one attached hydrogen (secondary N) is 1. The van der Waals surface area contributed by atoms with Crippen molar-refractivity contribution in [3.8, 4) is 11.9 Å². The Morgan fingerprint density at radius 2 is 1.88 bits per heavy atom. The van der Waals surface area contributed by atoms with Crippen molar-refractivity contribution in [3.05, 3.63) is 18.1 Å². The number of ether oxygens (including phenoxy) is 1. The van der Waals surface area contributed by atoms with E-state index in [0.717, 1.165) is 38.0 Å². The maximum absolute atomic E-state index is 12.1. The van der Waals surface area contributed by atoms with Crippen molar-refractivity contribution in [2.24, 2.45) is 5.92 Å². The minimum atomic E-state index is 0.0374. The fourth-order valence-electron chi connectivity index (χ4n) is 3.91. The molecule has 0 radical (unpaired) electrons. The second-order valence-electron chi connectivity index (χ2n) is 7.17. The lowest BCUT2D eigenvalue weighted by atomic mass is 9.92. The number of rotatable bonds is 6. The summed E-state index contributed by atoms with van der Waals surface area (Å²) in [5.74, 6) is 1.27. The maximum atomic E-state index is 12.1. The van der Waals surface area contributed by atoms with Crippen LogP contribution in [0, 0.1) is 17.2 Å². The average Bonchev–Trinajstić information content (AvgIpc) is 3.16. The molecule has 0 aliphatic heterocycles. The quantitative estimate of drug-likeness (QED) is 0.858. The molecule has 134 valence electrons. The number of nitrogens with zero attached hydrogens (tertiary/aromatic N) is 3. The van der Waals surface area contributed by atoms with Crippen LogP contribution in [0.4, 0.5) is 0 Å². The van der Waals surface area contributed by atoms with E-state index in [1.165, 1.54) is 38.1 Å². The Kier molecular flexibility index (Phi) is 6.21. The molecule has 1 amide bonds. The molecule has 2 aliphatic rings. The number of hydrogen-bond donors (Lipinski definition) is 1. The van der Waals surface area contributed by atoms with Crippen LogP contribution < -0.4 is 10.1 Å². The van der Waals surface area contributed by atoms with Gasteiger partial charge in [-0.25, -0.2) is 9.97 Å². The largest absolute Gasteiger partial charge is 0.472 e. The molecule has 2 saturated carbocycles. The Morgan fingerprint density at radius 3 is 2.60 bits per heavy atom. The van der Waals surface area contributed by atoms with Gasteiger partial charge in [-0.05, 0) is 38.0 Å². The lowest BCUT2D eigenvalue weighted by Crippen LogP contribution is -2.39. The van der Waals surface area contributed by atoms with Crippen LogP contribution in [0.2, 0.25) is 0 Å². The van der Waals surface area contributed by atoms with Crippen molar-refractivity contribution in [2.75, 3.05) is 0 Å². The van der Waals surface area contributed by atoms with Crippen molar-refractivity contribution >= 4 is 5.91 Å². The molecule has 0 unspecified atom stereocenters. The van der Waals surface area contributed by atoms with Gasteiger partial charge in [0, 0.05) is 24.9 Å². The minimum Gasteiger partial charge on any atom is -0.472 e. The first-order chi connectivity index (χ1) is 12.2. The molecule has 1 aromatic heterocycles. The maximum Gasteiger partial charge on any atom is 0.251 e. The molecule has 3 rings (SSSR count). The third kappa shape index (κ3) is 5.15. The van der Waals surface area contributed by atoms with Gasteiger partial charge in [-0.2, -0.15) is 5.26 Å². The van der Waals surface area contributed by atoms with Gasteiger partial charge < -0.3 is 10.1 Å². The number of nitriles is 1. The minimum absolute atomic E-state index is 0.0374. The second-order valence-corrected chi connectivity index (χ2v) is 7.17. The van der Waals surface area contributed by atoms with Crippen molar-refractivity contribution in [3.63, 3.8) is 0 Å². The Morgan fingerprint density at radius 1 is 1.16 bits per heavy atom. The summed E-state index contributed by atoms with van der Waals surface area (Å²) in [6.07, 6.45) is 13.5. The summed E-state index contributed by atoms with van der Waals surface area (Å²) in [5, 5.41) is 12.2. The Balaban J connectivity index is 1.38. The molecule has 6 heteroatoms. The number of amides is 1. The predicted molar refractivity (Wildman–Crippen MR) is 92.8 cm³/mol. The fraction of sp³-hybridized carbons (Fsp3) is 0.684. The highest BCUT2D eigenvalue weighted by Gasteiger charge is 2.25. The monoisotopic (exact) mass is 342 g/mol. The zero-order valence-electron chi connectivity index (χ0n) is 14.6. The molecule has 2 aliphatic carbocycles. The van der Waals surface area contributed by atoms with E-state index in [4.69, 9.17) is 10.00 Å². The van der Waals surface area contributed by atoms with E-state index in [-0.39, 0.29) is 23.7 Å². The number of carbonyl (C=O) groups is 1. The number of carbonyl (C=O) groups excluding carboxylic acids is 1. The molecule has 1 N–H and O–H groups in total. The van der Waals surface area contributed by atoms with Crippen LogP contribution in [0.5, 0.6) is 5.88 Å². The summed E-state index contributed by atoms with van der Waals surface area (Å²) in [5.41, 5.74) is 0.227. The van der Waals surface area contributed by atoms with E-state index >= 15 is 0 Å². The van der Waals surface area contributed by atoms with Gasteiger partial charge in [-0.3, -0.25) is 4.79 Å². The Hall–Kier alpha value is -2.16. The first kappa shape index (κ1) is 17.7. The molecule has 0 bridgehead atoms. The Bertz CT molecular complexity index is 614. The van der Waals surface area contributed by atoms with E-state index in [1.54, 1.807) is 0 Å². The first-order valence-corrected chi connectivity index (χ1v) is 9.41. The van der Waals surface area contributed by atoms with Crippen molar-refractivity contribution in [1.82, 2.24) is 15.3 Å². The van der Waals surface area contributed by atoms with Crippen LogP contribution >= 0.6 is 0 Å². The summed E-state index contributed by atoms with van der Waals surface area (Å²) >= 11 is 0. The topological polar surface area (TPSA) is 87.9 Å². The van der Waals surface area contributed by atoms with Gasteiger partial charge in [-0.1, -0.05) is 25.7 Å². The average molecular weight is 342 g/mol. The van der Waals surface area contributed by atoms with Crippen LogP contribution in [0.15, 0.2) is 12.4 Å². The Labute approximate surface area is 149 Å². The van der Waals surface area contributed by atoms with Crippen LogP contribution in [-0.4, -0.2) is 28.0 Å². The van der Waals surface area contributed by atoms with E-state index in [0.29, 0.717) is 12.3 Å². The third-order valence-electron chi connectivity index (χ3n) is 5.34. The highest BCUT2D eigenvalue weighted by atomic mass is 16.5. The van der Waals surface area contributed by atoms with Gasteiger partial charge in [0.1, 0.15) is 12.2 Å². The highest BCUT2D eigenvalue weighted by molar-refractivity contribution is 5.76. The van der Waals surface area contributed by atoms with Gasteiger partial charge in [-0.15, -0.1) is 0 Å². The lowest BCUT2D eigenvalue weighted by Gasteiger charge is -2.29. The SMILES string of the molecule is N#Cc1nccnc1OC1CCC(NC(=O)CCC2CCCC2)CC1. The van der Waals surface area contributed by atoms with E-state index in [2.05, 4.69) is 15.3 Å². The van der Waals surface area contributed by atoms with Crippen LogP contribution in [0.3, 0.4) is 0 Å². The zero-order valence-corrected chi connectivity index (χ0v) is 14.6. The molecular formula is C19H26N4O2. The molecule has 0 saturated heterocycles. The standard InChI is InChI=1S/C19H26N4O2/c20-13-17-19(22-12-11-21-17)25-16-8-6-15(7-9-16)23-18(24)10-5-14-3-1-2-4-14/h11-12,14-16H,1-10H2,(H,23,24).